The van der Waals surface area contributed by atoms with Gasteiger partial charge < -0.3 is 5.73 Å². The summed E-state index contributed by atoms with van der Waals surface area (Å²) >= 11 is 0. The van der Waals surface area contributed by atoms with Gasteiger partial charge in [-0.15, -0.1) is 0 Å². The van der Waals surface area contributed by atoms with Crippen LogP contribution >= 0.6 is 0 Å². The van der Waals surface area contributed by atoms with Crippen LogP contribution in [-0.2, 0) is 6.42 Å². The fourth-order valence-electron chi connectivity index (χ4n) is 2.81. The van der Waals surface area contributed by atoms with Gasteiger partial charge in [-0.25, -0.2) is 0 Å². The fourth-order valence-corrected chi connectivity index (χ4v) is 2.81. The second-order valence-corrected chi connectivity index (χ2v) is 5.85. The third-order valence-electron chi connectivity index (χ3n) is 4.15. The molecular weight excluding hydrogens is 254 g/mol. The van der Waals surface area contributed by atoms with Gasteiger partial charge in [0.15, 0.2) is 0 Å². The zero-order valence-corrected chi connectivity index (χ0v) is 12.6. The van der Waals surface area contributed by atoms with Crippen LogP contribution in [0, 0.1) is 13.8 Å². The molecule has 0 bridgehead atoms. The highest BCUT2D eigenvalue weighted by atomic mass is 14.6. The summed E-state index contributed by atoms with van der Waals surface area (Å²) in [4.78, 5) is 0. The Balaban J connectivity index is 1.89. The Morgan fingerprint density at radius 1 is 0.857 bits per heavy atom. The van der Waals surface area contributed by atoms with E-state index < -0.39 is 0 Å². The van der Waals surface area contributed by atoms with Crippen molar-refractivity contribution in [1.82, 2.24) is 0 Å². The molecule has 0 spiro atoms. The molecule has 106 valence electrons. The minimum absolute atomic E-state index is 0.0371. The second-order valence-electron chi connectivity index (χ2n) is 5.85. The van der Waals surface area contributed by atoms with E-state index >= 15 is 0 Å². The Bertz CT molecular complexity index is 774. The summed E-state index contributed by atoms with van der Waals surface area (Å²) in [5.41, 5.74) is 11.6. The molecule has 3 aromatic rings. The van der Waals surface area contributed by atoms with Crippen LogP contribution in [0.3, 0.4) is 0 Å². The lowest BCUT2D eigenvalue weighted by Crippen LogP contribution is -2.14. The highest BCUT2D eigenvalue weighted by molar-refractivity contribution is 5.83. The van der Waals surface area contributed by atoms with E-state index in [2.05, 4.69) is 74.5 Å². The molecule has 1 atom stereocenters. The molecule has 0 saturated carbocycles. The Labute approximate surface area is 126 Å². The zero-order valence-electron chi connectivity index (χ0n) is 12.6. The van der Waals surface area contributed by atoms with Gasteiger partial charge in [0.2, 0.25) is 0 Å². The quantitative estimate of drug-likeness (QED) is 0.736. The molecule has 3 rings (SSSR count). The predicted molar refractivity (Wildman–Crippen MR) is 90.5 cm³/mol. The Morgan fingerprint density at radius 2 is 1.62 bits per heavy atom. The van der Waals surface area contributed by atoms with Gasteiger partial charge >= 0.3 is 0 Å². The van der Waals surface area contributed by atoms with Crippen molar-refractivity contribution < 1.29 is 0 Å². The normalized spacial score (nSPS) is 12.5. The molecular formula is C20H21N. The highest BCUT2D eigenvalue weighted by Gasteiger charge is 2.09. The average Bonchev–Trinajstić information content (AvgIpc) is 2.50. The minimum atomic E-state index is 0.0371. The third-order valence-corrected chi connectivity index (χ3v) is 4.15. The van der Waals surface area contributed by atoms with Gasteiger partial charge in [-0.2, -0.15) is 0 Å². The van der Waals surface area contributed by atoms with Crippen molar-refractivity contribution in [3.05, 3.63) is 82.9 Å². The second kappa shape index (κ2) is 5.71. The monoisotopic (exact) mass is 275 g/mol. The van der Waals surface area contributed by atoms with E-state index in [0.717, 1.165) is 6.42 Å². The van der Waals surface area contributed by atoms with Gasteiger partial charge in [-0.05, 0) is 53.8 Å². The molecule has 0 aliphatic carbocycles. The first-order valence-electron chi connectivity index (χ1n) is 7.44. The van der Waals surface area contributed by atoms with Gasteiger partial charge in [0.05, 0.1) is 0 Å². The topological polar surface area (TPSA) is 26.0 Å². The van der Waals surface area contributed by atoms with Gasteiger partial charge in [-0.3, -0.25) is 0 Å². The molecule has 0 amide bonds. The van der Waals surface area contributed by atoms with Crippen LogP contribution < -0.4 is 5.73 Å². The molecule has 0 aliphatic rings. The van der Waals surface area contributed by atoms with E-state index in [9.17, 15) is 0 Å². The lowest BCUT2D eigenvalue weighted by atomic mass is 9.94. The first kappa shape index (κ1) is 13.8. The van der Waals surface area contributed by atoms with Crippen molar-refractivity contribution in [3.63, 3.8) is 0 Å². The summed E-state index contributed by atoms with van der Waals surface area (Å²) in [5.74, 6) is 0. The largest absolute Gasteiger partial charge is 0.324 e. The summed E-state index contributed by atoms with van der Waals surface area (Å²) in [6, 6.07) is 21.6. The summed E-state index contributed by atoms with van der Waals surface area (Å²) in [6.45, 7) is 4.28. The Morgan fingerprint density at radius 3 is 2.43 bits per heavy atom. The molecule has 0 saturated heterocycles. The van der Waals surface area contributed by atoms with Crippen LogP contribution in [-0.4, -0.2) is 0 Å². The molecule has 0 aromatic heterocycles. The van der Waals surface area contributed by atoms with Crippen LogP contribution in [0.1, 0.15) is 28.3 Å². The molecule has 21 heavy (non-hydrogen) atoms. The van der Waals surface area contributed by atoms with Crippen molar-refractivity contribution >= 4 is 10.8 Å². The average molecular weight is 275 g/mol. The molecule has 1 nitrogen and oxygen atoms in total. The van der Waals surface area contributed by atoms with Crippen LogP contribution in [0.4, 0.5) is 0 Å². The number of hydrogen-bond acceptors (Lipinski definition) is 1. The lowest BCUT2D eigenvalue weighted by Gasteiger charge is -2.15. The molecule has 0 radical (unpaired) electrons. The molecule has 1 unspecified atom stereocenters. The van der Waals surface area contributed by atoms with Gasteiger partial charge in [-0.1, -0.05) is 60.2 Å². The lowest BCUT2D eigenvalue weighted by molar-refractivity contribution is 0.719. The summed E-state index contributed by atoms with van der Waals surface area (Å²) in [5, 5.41) is 2.52. The number of rotatable bonds is 3. The van der Waals surface area contributed by atoms with Crippen molar-refractivity contribution in [3.8, 4) is 0 Å². The van der Waals surface area contributed by atoms with Crippen molar-refractivity contribution in [2.75, 3.05) is 0 Å². The smallest absolute Gasteiger partial charge is 0.0336 e. The molecule has 3 aromatic carbocycles. The molecule has 0 fully saturated rings. The first-order chi connectivity index (χ1) is 10.1. The molecule has 0 aliphatic heterocycles. The van der Waals surface area contributed by atoms with E-state index in [1.165, 1.54) is 33.0 Å². The number of aryl methyl sites for hydroxylation is 2. The maximum atomic E-state index is 6.44. The van der Waals surface area contributed by atoms with Gasteiger partial charge in [0.1, 0.15) is 0 Å². The molecule has 1 heteroatoms. The van der Waals surface area contributed by atoms with Crippen LogP contribution in [0.15, 0.2) is 60.7 Å². The minimum Gasteiger partial charge on any atom is -0.324 e. The first-order valence-corrected chi connectivity index (χ1v) is 7.44. The zero-order chi connectivity index (χ0) is 14.8. The standard InChI is InChI=1S/C20H21N/c1-14-7-8-15(2)19(11-14)13-20(21)18-10-9-16-5-3-4-6-17(16)12-18/h3-12,20H,13,21H2,1-2H3. The Hall–Kier alpha value is -2.12. The van der Waals surface area contributed by atoms with Crippen molar-refractivity contribution in [2.45, 2.75) is 26.3 Å². The summed E-state index contributed by atoms with van der Waals surface area (Å²) in [7, 11) is 0. The number of hydrogen-bond donors (Lipinski definition) is 1. The maximum absolute atomic E-state index is 6.44. The van der Waals surface area contributed by atoms with Crippen LogP contribution in [0.25, 0.3) is 10.8 Å². The summed E-state index contributed by atoms with van der Waals surface area (Å²) < 4.78 is 0. The van der Waals surface area contributed by atoms with Gasteiger partial charge in [0.25, 0.3) is 0 Å². The fraction of sp³-hybridized carbons (Fsp3) is 0.200. The van der Waals surface area contributed by atoms with Crippen molar-refractivity contribution in [2.24, 2.45) is 5.73 Å². The molecule has 2 N–H and O–H groups in total. The maximum Gasteiger partial charge on any atom is 0.0336 e. The van der Waals surface area contributed by atoms with Crippen LogP contribution in [0.2, 0.25) is 0 Å². The Kier molecular flexibility index (Phi) is 3.76. The predicted octanol–water partition coefficient (Wildman–Crippen LogP) is 4.70. The number of benzene rings is 3. The number of nitrogens with two attached hydrogens (primary N) is 1. The van der Waals surface area contributed by atoms with Gasteiger partial charge in [0, 0.05) is 6.04 Å². The van der Waals surface area contributed by atoms with Crippen molar-refractivity contribution in [1.29, 1.82) is 0 Å². The third kappa shape index (κ3) is 2.98. The van der Waals surface area contributed by atoms with E-state index in [1.807, 2.05) is 0 Å². The SMILES string of the molecule is Cc1ccc(C)c(CC(N)c2ccc3ccccc3c2)c1. The van der Waals surface area contributed by atoms with Crippen LogP contribution in [0.5, 0.6) is 0 Å². The summed E-state index contributed by atoms with van der Waals surface area (Å²) in [6.07, 6.45) is 0.881. The number of fused-ring (bicyclic) bond motifs is 1. The highest BCUT2D eigenvalue weighted by Crippen LogP contribution is 2.23. The van der Waals surface area contributed by atoms with E-state index in [4.69, 9.17) is 5.73 Å². The van der Waals surface area contributed by atoms with E-state index in [1.54, 1.807) is 0 Å². The van der Waals surface area contributed by atoms with E-state index in [-0.39, 0.29) is 6.04 Å². The molecule has 0 heterocycles. The van der Waals surface area contributed by atoms with E-state index in [0.29, 0.717) is 0 Å².